The lowest BCUT2D eigenvalue weighted by Crippen LogP contribution is -2.30. The number of piperidine rings is 1. The van der Waals surface area contributed by atoms with E-state index in [0.29, 0.717) is 18.0 Å². The number of aromatic nitrogens is 3. The zero-order chi connectivity index (χ0) is 22.5. The molecule has 0 bridgehead atoms. The molecule has 6 nitrogen and oxygen atoms in total. The van der Waals surface area contributed by atoms with E-state index in [9.17, 15) is 0 Å². The summed E-state index contributed by atoms with van der Waals surface area (Å²) in [6, 6.07) is 12.6. The standard InChI is InChI=1S/C25H32N4O2S/c1-4-18-11-10-12-19(15-18)24-26-27-25(32)29(24)21-17-22(30-5-2)20(16-23(21)31-6-3)28-13-8-7-9-14-28/h10-12,15-17H,4-9,13-14H2,1-3H3,(H,27,32). The summed E-state index contributed by atoms with van der Waals surface area (Å²) in [5.74, 6) is 2.39. The van der Waals surface area contributed by atoms with Crippen molar-refractivity contribution < 1.29 is 9.47 Å². The summed E-state index contributed by atoms with van der Waals surface area (Å²) in [5.41, 5.74) is 4.19. The summed E-state index contributed by atoms with van der Waals surface area (Å²) in [4.78, 5) is 2.40. The third-order valence-corrected chi connectivity index (χ3v) is 6.12. The van der Waals surface area contributed by atoms with Gasteiger partial charge in [0.1, 0.15) is 11.5 Å². The summed E-state index contributed by atoms with van der Waals surface area (Å²) < 4.78 is 14.7. The highest BCUT2D eigenvalue weighted by Crippen LogP contribution is 2.40. The molecule has 0 atom stereocenters. The Morgan fingerprint density at radius 2 is 1.62 bits per heavy atom. The van der Waals surface area contributed by atoms with E-state index >= 15 is 0 Å². The second-order valence-corrected chi connectivity index (χ2v) is 8.33. The zero-order valence-electron chi connectivity index (χ0n) is 19.2. The molecule has 2 heterocycles. The van der Waals surface area contributed by atoms with Gasteiger partial charge in [0, 0.05) is 30.8 Å². The van der Waals surface area contributed by atoms with Crippen LogP contribution in [-0.4, -0.2) is 41.1 Å². The number of aryl methyl sites for hydroxylation is 1. The normalized spacial score (nSPS) is 13.9. The second-order valence-electron chi connectivity index (χ2n) is 7.94. The number of hydrogen-bond acceptors (Lipinski definition) is 5. The van der Waals surface area contributed by atoms with Crippen LogP contribution in [0.5, 0.6) is 11.5 Å². The van der Waals surface area contributed by atoms with E-state index in [4.69, 9.17) is 21.7 Å². The van der Waals surface area contributed by atoms with Crippen LogP contribution in [0.4, 0.5) is 5.69 Å². The Balaban J connectivity index is 1.89. The SMILES string of the molecule is CCOc1cc(-n2c(-c3cccc(CC)c3)n[nH]c2=S)c(OCC)cc1N1CCCCC1. The van der Waals surface area contributed by atoms with Crippen molar-refractivity contribution in [2.45, 2.75) is 46.5 Å². The molecule has 3 aromatic rings. The Bertz CT molecular complexity index is 1120. The van der Waals surface area contributed by atoms with Crippen LogP contribution < -0.4 is 14.4 Å². The van der Waals surface area contributed by atoms with Crippen molar-refractivity contribution in [1.82, 2.24) is 14.8 Å². The van der Waals surface area contributed by atoms with Crippen LogP contribution in [0.25, 0.3) is 17.1 Å². The van der Waals surface area contributed by atoms with E-state index in [2.05, 4.69) is 58.4 Å². The fourth-order valence-corrected chi connectivity index (χ4v) is 4.51. The molecular formula is C25H32N4O2S. The minimum atomic E-state index is 0.524. The van der Waals surface area contributed by atoms with Crippen molar-refractivity contribution in [3.05, 3.63) is 46.7 Å². The number of benzene rings is 2. The Labute approximate surface area is 195 Å². The molecule has 170 valence electrons. The minimum Gasteiger partial charge on any atom is -0.492 e. The number of H-pyrrole nitrogens is 1. The molecule has 1 aromatic heterocycles. The third kappa shape index (κ3) is 4.53. The Kier molecular flexibility index (Phi) is 7.15. The van der Waals surface area contributed by atoms with Gasteiger partial charge in [-0.25, -0.2) is 0 Å². The molecule has 4 rings (SSSR count). The summed E-state index contributed by atoms with van der Waals surface area (Å²) >= 11 is 5.66. The van der Waals surface area contributed by atoms with Crippen molar-refractivity contribution in [1.29, 1.82) is 0 Å². The van der Waals surface area contributed by atoms with Gasteiger partial charge in [-0.05, 0) is 63.4 Å². The molecule has 0 amide bonds. The lowest BCUT2D eigenvalue weighted by Gasteiger charge is -2.31. The van der Waals surface area contributed by atoms with Crippen LogP contribution in [0.3, 0.4) is 0 Å². The summed E-state index contributed by atoms with van der Waals surface area (Å²) in [6.07, 6.45) is 4.63. The monoisotopic (exact) mass is 452 g/mol. The summed E-state index contributed by atoms with van der Waals surface area (Å²) in [7, 11) is 0. The molecule has 1 saturated heterocycles. The van der Waals surface area contributed by atoms with Crippen LogP contribution in [-0.2, 0) is 6.42 Å². The molecule has 1 N–H and O–H groups in total. The van der Waals surface area contributed by atoms with Gasteiger partial charge in [0.2, 0.25) is 0 Å². The largest absolute Gasteiger partial charge is 0.492 e. The van der Waals surface area contributed by atoms with Crippen LogP contribution in [0, 0.1) is 4.77 Å². The van der Waals surface area contributed by atoms with E-state index in [-0.39, 0.29) is 0 Å². The molecule has 1 aliphatic heterocycles. The topological polar surface area (TPSA) is 55.3 Å². The number of rotatable bonds is 8. The van der Waals surface area contributed by atoms with Crippen molar-refractivity contribution in [3.8, 4) is 28.6 Å². The van der Waals surface area contributed by atoms with Gasteiger partial charge >= 0.3 is 0 Å². The average molecular weight is 453 g/mol. The Hall–Kier alpha value is -2.80. The first kappa shape index (κ1) is 22.4. The molecule has 0 unspecified atom stereocenters. The molecule has 0 radical (unpaired) electrons. The van der Waals surface area contributed by atoms with Gasteiger partial charge in [-0.1, -0.05) is 25.1 Å². The Morgan fingerprint density at radius 3 is 2.31 bits per heavy atom. The second kappa shape index (κ2) is 10.2. The van der Waals surface area contributed by atoms with Gasteiger partial charge in [-0.3, -0.25) is 9.67 Å². The van der Waals surface area contributed by atoms with Crippen LogP contribution >= 0.6 is 12.2 Å². The quantitative estimate of drug-likeness (QED) is 0.428. The number of hydrogen-bond donors (Lipinski definition) is 1. The van der Waals surface area contributed by atoms with Crippen molar-refractivity contribution >= 4 is 17.9 Å². The number of nitrogens with one attached hydrogen (secondary N) is 1. The first-order valence-corrected chi connectivity index (χ1v) is 12.0. The first-order valence-electron chi connectivity index (χ1n) is 11.6. The maximum absolute atomic E-state index is 6.13. The third-order valence-electron chi connectivity index (χ3n) is 5.84. The molecule has 32 heavy (non-hydrogen) atoms. The fourth-order valence-electron chi connectivity index (χ4n) is 4.28. The van der Waals surface area contributed by atoms with E-state index in [1.165, 1.54) is 24.8 Å². The van der Waals surface area contributed by atoms with Gasteiger partial charge in [0.25, 0.3) is 0 Å². The maximum atomic E-state index is 6.13. The molecule has 2 aromatic carbocycles. The van der Waals surface area contributed by atoms with Crippen molar-refractivity contribution in [3.63, 3.8) is 0 Å². The number of anilines is 1. The van der Waals surface area contributed by atoms with Crippen molar-refractivity contribution in [2.75, 3.05) is 31.2 Å². The van der Waals surface area contributed by atoms with E-state index in [0.717, 1.165) is 53.8 Å². The highest BCUT2D eigenvalue weighted by molar-refractivity contribution is 7.71. The predicted molar refractivity (Wildman–Crippen MR) is 132 cm³/mol. The lowest BCUT2D eigenvalue weighted by molar-refractivity contribution is 0.329. The highest BCUT2D eigenvalue weighted by atomic mass is 32.1. The van der Waals surface area contributed by atoms with Crippen LogP contribution in [0.1, 0.15) is 45.6 Å². The van der Waals surface area contributed by atoms with Gasteiger partial charge in [0.05, 0.1) is 24.6 Å². The molecule has 1 aliphatic rings. The lowest BCUT2D eigenvalue weighted by atomic mass is 10.1. The van der Waals surface area contributed by atoms with Gasteiger partial charge < -0.3 is 14.4 Å². The highest BCUT2D eigenvalue weighted by Gasteiger charge is 2.22. The van der Waals surface area contributed by atoms with Crippen LogP contribution in [0.15, 0.2) is 36.4 Å². The fraction of sp³-hybridized carbons (Fsp3) is 0.440. The van der Waals surface area contributed by atoms with Crippen LogP contribution in [0.2, 0.25) is 0 Å². The maximum Gasteiger partial charge on any atom is 0.200 e. The number of nitrogens with zero attached hydrogens (tertiary/aromatic N) is 3. The van der Waals surface area contributed by atoms with Gasteiger partial charge in [-0.2, -0.15) is 5.10 Å². The predicted octanol–water partition coefficient (Wildman–Crippen LogP) is 5.95. The summed E-state index contributed by atoms with van der Waals surface area (Å²) in [6.45, 7) is 9.39. The van der Waals surface area contributed by atoms with Crippen molar-refractivity contribution in [2.24, 2.45) is 0 Å². The average Bonchev–Trinajstić information content (AvgIpc) is 3.22. The molecule has 0 spiro atoms. The van der Waals surface area contributed by atoms with E-state index in [1.54, 1.807) is 0 Å². The van der Waals surface area contributed by atoms with E-state index < -0.39 is 0 Å². The first-order chi connectivity index (χ1) is 15.7. The summed E-state index contributed by atoms with van der Waals surface area (Å²) in [5, 5.41) is 7.55. The van der Waals surface area contributed by atoms with Gasteiger partial charge in [-0.15, -0.1) is 0 Å². The molecular weight excluding hydrogens is 420 g/mol. The molecule has 7 heteroatoms. The zero-order valence-corrected chi connectivity index (χ0v) is 20.0. The number of aromatic amines is 1. The number of ether oxygens (including phenoxy) is 2. The molecule has 0 aliphatic carbocycles. The van der Waals surface area contributed by atoms with E-state index in [1.807, 2.05) is 18.4 Å². The minimum absolute atomic E-state index is 0.524. The van der Waals surface area contributed by atoms with Gasteiger partial charge in [0.15, 0.2) is 10.6 Å². The molecule has 0 saturated carbocycles. The molecule has 1 fully saturated rings. The smallest absolute Gasteiger partial charge is 0.200 e. The Morgan fingerprint density at radius 1 is 0.938 bits per heavy atom.